The fraction of sp³-hybridized carbons (Fsp3) is 0.100. The minimum Gasteiger partial charge on any atom is -0.240 e. The Hall–Kier alpha value is -2.94. The van der Waals surface area contributed by atoms with Gasteiger partial charge in [0, 0.05) is 5.56 Å². The first kappa shape index (κ1) is 13.7. The molecule has 1 aromatic heterocycles. The molecule has 0 radical (unpaired) electrons. The number of benzene rings is 3. The number of aryl methyl sites for hydroxylation is 1. The van der Waals surface area contributed by atoms with E-state index < -0.39 is 0 Å². The van der Waals surface area contributed by atoms with E-state index in [1.165, 1.54) is 22.3 Å². The van der Waals surface area contributed by atoms with Crippen LogP contribution in [0.15, 0.2) is 72.8 Å². The molecule has 0 amide bonds. The molecule has 1 heterocycles. The molecule has 23 heavy (non-hydrogen) atoms. The topological polar surface area (TPSA) is 30.7 Å². The number of nitrogens with zero attached hydrogens (tertiary/aromatic N) is 3. The maximum Gasteiger partial charge on any atom is 0.113 e. The molecule has 3 nitrogen and oxygen atoms in total. The van der Waals surface area contributed by atoms with Crippen LogP contribution >= 0.6 is 0 Å². The predicted molar refractivity (Wildman–Crippen MR) is 93.2 cm³/mol. The van der Waals surface area contributed by atoms with Crippen molar-refractivity contribution in [1.29, 1.82) is 0 Å². The van der Waals surface area contributed by atoms with E-state index in [4.69, 9.17) is 0 Å². The Bertz CT molecular complexity index is 955. The molecule has 0 N–H and O–H groups in total. The molecule has 0 saturated heterocycles. The van der Waals surface area contributed by atoms with Gasteiger partial charge in [0.2, 0.25) is 0 Å². The highest BCUT2D eigenvalue weighted by Gasteiger charge is 2.12. The van der Waals surface area contributed by atoms with Gasteiger partial charge in [0.05, 0.1) is 12.1 Å². The van der Waals surface area contributed by atoms with E-state index in [0.717, 1.165) is 17.6 Å². The van der Waals surface area contributed by atoms with Crippen molar-refractivity contribution in [2.24, 2.45) is 0 Å². The Kier molecular flexibility index (Phi) is 3.39. The monoisotopic (exact) mass is 299 g/mol. The van der Waals surface area contributed by atoms with E-state index in [9.17, 15) is 0 Å². The first-order valence-electron chi connectivity index (χ1n) is 7.75. The molecule has 4 aromatic rings. The van der Waals surface area contributed by atoms with Gasteiger partial charge in [-0.3, -0.25) is 0 Å². The summed E-state index contributed by atoms with van der Waals surface area (Å²) in [6, 6.07) is 25.0. The van der Waals surface area contributed by atoms with Crippen molar-refractivity contribution in [2.45, 2.75) is 13.5 Å². The summed E-state index contributed by atoms with van der Waals surface area (Å²) in [4.78, 5) is 0. The van der Waals surface area contributed by atoms with Crippen LogP contribution in [0.1, 0.15) is 11.1 Å². The van der Waals surface area contributed by atoms with Gasteiger partial charge < -0.3 is 0 Å². The normalized spacial score (nSPS) is 11.0. The van der Waals surface area contributed by atoms with Gasteiger partial charge in [-0.15, -0.1) is 5.10 Å². The molecule has 112 valence electrons. The quantitative estimate of drug-likeness (QED) is 0.559. The Morgan fingerprint density at radius 3 is 2.35 bits per heavy atom. The maximum atomic E-state index is 4.37. The van der Waals surface area contributed by atoms with Gasteiger partial charge in [-0.2, -0.15) is 0 Å². The molecular weight excluding hydrogens is 282 g/mol. The number of rotatable bonds is 3. The van der Waals surface area contributed by atoms with Crippen molar-refractivity contribution in [3.05, 3.63) is 83.9 Å². The first-order valence-corrected chi connectivity index (χ1v) is 7.75. The summed E-state index contributed by atoms with van der Waals surface area (Å²) in [7, 11) is 0. The fourth-order valence-electron chi connectivity index (χ4n) is 2.99. The zero-order valence-corrected chi connectivity index (χ0v) is 13.0. The lowest BCUT2D eigenvalue weighted by molar-refractivity contribution is 0.670. The summed E-state index contributed by atoms with van der Waals surface area (Å²) in [5.41, 5.74) is 6.91. The molecule has 0 saturated carbocycles. The standard InChI is InChI=1S/C20H17N3/c1-15-8-5-6-11-17(15)18-12-7-13-19-20(18)23(22-21-19)14-16-9-3-2-4-10-16/h2-13H,14H2,1H3. The second kappa shape index (κ2) is 5.69. The summed E-state index contributed by atoms with van der Waals surface area (Å²) >= 11 is 0. The van der Waals surface area contributed by atoms with Crippen LogP contribution in [0.5, 0.6) is 0 Å². The third-order valence-electron chi connectivity index (χ3n) is 4.14. The smallest absolute Gasteiger partial charge is 0.113 e. The Morgan fingerprint density at radius 1 is 0.783 bits per heavy atom. The van der Waals surface area contributed by atoms with E-state index in [2.05, 4.69) is 71.8 Å². The predicted octanol–water partition coefficient (Wildman–Crippen LogP) is 4.46. The first-order chi connectivity index (χ1) is 11.3. The van der Waals surface area contributed by atoms with Gasteiger partial charge in [-0.05, 0) is 29.7 Å². The molecule has 0 spiro atoms. The van der Waals surface area contributed by atoms with Crippen LogP contribution in [0.2, 0.25) is 0 Å². The van der Waals surface area contributed by atoms with Gasteiger partial charge in [0.1, 0.15) is 5.52 Å². The van der Waals surface area contributed by atoms with E-state index in [-0.39, 0.29) is 0 Å². The van der Waals surface area contributed by atoms with Gasteiger partial charge in [0.25, 0.3) is 0 Å². The molecule has 0 bridgehead atoms. The highest BCUT2D eigenvalue weighted by atomic mass is 15.4. The minimum atomic E-state index is 0.722. The van der Waals surface area contributed by atoms with Crippen LogP contribution in [0.3, 0.4) is 0 Å². The van der Waals surface area contributed by atoms with Gasteiger partial charge in [-0.1, -0.05) is 71.9 Å². The van der Waals surface area contributed by atoms with Crippen LogP contribution < -0.4 is 0 Å². The third kappa shape index (κ3) is 2.50. The van der Waals surface area contributed by atoms with Crippen molar-refractivity contribution in [1.82, 2.24) is 15.0 Å². The van der Waals surface area contributed by atoms with Gasteiger partial charge >= 0.3 is 0 Å². The molecule has 0 atom stereocenters. The number of hydrogen-bond acceptors (Lipinski definition) is 2. The van der Waals surface area contributed by atoms with E-state index in [0.29, 0.717) is 0 Å². The van der Waals surface area contributed by atoms with Crippen molar-refractivity contribution in [3.8, 4) is 11.1 Å². The number of para-hydroxylation sites is 1. The molecule has 0 fully saturated rings. The van der Waals surface area contributed by atoms with Gasteiger partial charge in [0.15, 0.2) is 0 Å². The Balaban J connectivity index is 1.89. The van der Waals surface area contributed by atoms with Crippen LogP contribution in [-0.4, -0.2) is 15.0 Å². The molecular formula is C20H17N3. The second-order valence-electron chi connectivity index (χ2n) is 5.72. The number of hydrogen-bond donors (Lipinski definition) is 0. The molecule has 3 heteroatoms. The highest BCUT2D eigenvalue weighted by Crippen LogP contribution is 2.30. The zero-order chi connectivity index (χ0) is 15.6. The highest BCUT2D eigenvalue weighted by molar-refractivity contribution is 5.92. The van der Waals surface area contributed by atoms with E-state index in [1.54, 1.807) is 0 Å². The van der Waals surface area contributed by atoms with E-state index >= 15 is 0 Å². The lowest BCUT2D eigenvalue weighted by Crippen LogP contribution is -2.02. The molecule has 0 unspecified atom stereocenters. The van der Waals surface area contributed by atoms with Gasteiger partial charge in [-0.25, -0.2) is 4.68 Å². The Morgan fingerprint density at radius 2 is 1.52 bits per heavy atom. The molecule has 4 rings (SSSR count). The molecule has 3 aromatic carbocycles. The number of fused-ring (bicyclic) bond motifs is 1. The van der Waals surface area contributed by atoms with Crippen molar-refractivity contribution in [3.63, 3.8) is 0 Å². The maximum absolute atomic E-state index is 4.37. The summed E-state index contributed by atoms with van der Waals surface area (Å²) < 4.78 is 1.99. The lowest BCUT2D eigenvalue weighted by Gasteiger charge is -2.10. The van der Waals surface area contributed by atoms with Crippen LogP contribution in [0.25, 0.3) is 22.2 Å². The summed E-state index contributed by atoms with van der Waals surface area (Å²) in [6.07, 6.45) is 0. The van der Waals surface area contributed by atoms with Crippen molar-refractivity contribution < 1.29 is 0 Å². The van der Waals surface area contributed by atoms with Crippen LogP contribution in [-0.2, 0) is 6.54 Å². The fourth-order valence-corrected chi connectivity index (χ4v) is 2.99. The zero-order valence-electron chi connectivity index (χ0n) is 13.0. The third-order valence-corrected chi connectivity index (χ3v) is 4.14. The second-order valence-corrected chi connectivity index (χ2v) is 5.72. The molecule has 0 aliphatic heterocycles. The van der Waals surface area contributed by atoms with Crippen molar-refractivity contribution in [2.75, 3.05) is 0 Å². The average molecular weight is 299 g/mol. The largest absolute Gasteiger partial charge is 0.240 e. The summed E-state index contributed by atoms with van der Waals surface area (Å²) in [6.45, 7) is 2.86. The van der Waals surface area contributed by atoms with Crippen LogP contribution in [0.4, 0.5) is 0 Å². The van der Waals surface area contributed by atoms with Crippen LogP contribution in [0, 0.1) is 6.92 Å². The molecule has 0 aliphatic rings. The minimum absolute atomic E-state index is 0.722. The van der Waals surface area contributed by atoms with E-state index in [1.807, 2.05) is 22.9 Å². The van der Waals surface area contributed by atoms with Crippen molar-refractivity contribution >= 4 is 11.0 Å². The summed E-state index contributed by atoms with van der Waals surface area (Å²) in [5, 5.41) is 8.72. The Labute approximate surface area is 135 Å². The average Bonchev–Trinajstić information content (AvgIpc) is 3.00. The SMILES string of the molecule is Cc1ccccc1-c1cccc2nnn(Cc3ccccc3)c12. The summed E-state index contributed by atoms with van der Waals surface area (Å²) in [5.74, 6) is 0. The molecule has 0 aliphatic carbocycles. The lowest BCUT2D eigenvalue weighted by atomic mass is 9.99. The number of aromatic nitrogens is 3.